The Morgan fingerprint density at radius 2 is 1.95 bits per heavy atom. The molecule has 0 saturated heterocycles. The van der Waals surface area contributed by atoms with Crippen LogP contribution in [-0.4, -0.2) is 29.4 Å². The van der Waals surface area contributed by atoms with Gasteiger partial charge in [0, 0.05) is 19.8 Å². The summed E-state index contributed by atoms with van der Waals surface area (Å²) in [6.45, 7) is 0.685. The Morgan fingerprint density at radius 3 is 2.63 bits per heavy atom. The van der Waals surface area contributed by atoms with E-state index in [1.807, 2.05) is 25.2 Å². The number of hydrogen-bond acceptors (Lipinski definition) is 2. The summed E-state index contributed by atoms with van der Waals surface area (Å²) in [4.78, 5) is 18.0. The van der Waals surface area contributed by atoms with Crippen molar-refractivity contribution in [2.24, 2.45) is 0 Å². The van der Waals surface area contributed by atoms with Gasteiger partial charge in [-0.25, -0.2) is 4.98 Å². The van der Waals surface area contributed by atoms with Crippen molar-refractivity contribution < 1.29 is 4.79 Å². The maximum atomic E-state index is 12.2. The highest BCUT2D eigenvalue weighted by atomic mass is 79.9. The number of likely N-dealkylation sites (N-methyl/N-ethyl adjacent to an activating group) is 1. The lowest BCUT2D eigenvalue weighted by Crippen LogP contribution is -2.29. The third-order valence-electron chi connectivity index (χ3n) is 2.91. The number of carbonyl (C=O) groups excluding carboxylic acids is 1. The van der Waals surface area contributed by atoms with Gasteiger partial charge in [0.05, 0.1) is 5.56 Å². The van der Waals surface area contributed by atoms with Crippen LogP contribution >= 0.6 is 15.9 Å². The molecule has 98 valence electrons. The summed E-state index contributed by atoms with van der Waals surface area (Å²) in [7, 11) is 1.81. The number of amides is 1. The highest BCUT2D eigenvalue weighted by Crippen LogP contribution is 2.14. The Bertz CT molecular complexity index is 557. The number of benzene rings is 1. The van der Waals surface area contributed by atoms with E-state index in [9.17, 15) is 4.79 Å². The van der Waals surface area contributed by atoms with Crippen LogP contribution in [0.25, 0.3) is 0 Å². The fourth-order valence-corrected chi connectivity index (χ4v) is 2.21. The molecular formula is C15H15BrN2O. The first-order chi connectivity index (χ1) is 9.18. The Kier molecular flexibility index (Phi) is 4.68. The third-order valence-corrected chi connectivity index (χ3v) is 3.55. The molecule has 4 heteroatoms. The lowest BCUT2D eigenvalue weighted by Gasteiger charge is -2.17. The monoisotopic (exact) mass is 318 g/mol. The molecule has 0 saturated carbocycles. The molecule has 0 N–H and O–H groups in total. The second-order valence-corrected chi connectivity index (χ2v) is 5.06. The maximum absolute atomic E-state index is 12.2. The van der Waals surface area contributed by atoms with Crippen LogP contribution in [0.5, 0.6) is 0 Å². The van der Waals surface area contributed by atoms with Gasteiger partial charge in [0.2, 0.25) is 0 Å². The molecule has 0 aliphatic heterocycles. The van der Waals surface area contributed by atoms with Crippen LogP contribution in [0.15, 0.2) is 53.3 Å². The standard InChI is InChI=1S/C15H15BrN2O/c1-18(11-9-12-6-3-2-4-7-12)15(19)13-8-5-10-17-14(13)16/h2-8,10H,9,11H2,1H3. The normalized spacial score (nSPS) is 10.2. The molecule has 0 aliphatic rings. The van der Waals surface area contributed by atoms with Gasteiger partial charge in [-0.05, 0) is 40.0 Å². The van der Waals surface area contributed by atoms with Crippen LogP contribution in [0.4, 0.5) is 0 Å². The SMILES string of the molecule is CN(CCc1ccccc1)C(=O)c1cccnc1Br. The van der Waals surface area contributed by atoms with E-state index in [0.717, 1.165) is 6.42 Å². The van der Waals surface area contributed by atoms with Gasteiger partial charge in [-0.1, -0.05) is 30.3 Å². The van der Waals surface area contributed by atoms with Crippen molar-refractivity contribution in [3.05, 3.63) is 64.4 Å². The van der Waals surface area contributed by atoms with Crippen molar-refractivity contribution in [1.29, 1.82) is 0 Å². The highest BCUT2D eigenvalue weighted by molar-refractivity contribution is 9.10. The minimum absolute atomic E-state index is 0.0177. The average molecular weight is 319 g/mol. The Hall–Kier alpha value is -1.68. The van der Waals surface area contributed by atoms with Gasteiger partial charge in [-0.2, -0.15) is 0 Å². The van der Waals surface area contributed by atoms with Crippen molar-refractivity contribution in [3.8, 4) is 0 Å². The van der Waals surface area contributed by atoms with Crippen LogP contribution in [-0.2, 0) is 6.42 Å². The van der Waals surface area contributed by atoms with Gasteiger partial charge in [0.1, 0.15) is 4.60 Å². The van der Waals surface area contributed by atoms with E-state index in [-0.39, 0.29) is 5.91 Å². The zero-order valence-electron chi connectivity index (χ0n) is 10.7. The van der Waals surface area contributed by atoms with Gasteiger partial charge in [0.15, 0.2) is 0 Å². The second kappa shape index (κ2) is 6.48. The molecule has 0 radical (unpaired) electrons. The topological polar surface area (TPSA) is 33.2 Å². The number of halogens is 1. The Labute approximate surface area is 121 Å². The van der Waals surface area contributed by atoms with Gasteiger partial charge in [0.25, 0.3) is 5.91 Å². The molecular weight excluding hydrogens is 304 g/mol. The van der Waals surface area contributed by atoms with Crippen LogP contribution in [0.3, 0.4) is 0 Å². The summed E-state index contributed by atoms with van der Waals surface area (Å²) in [5, 5.41) is 0. The van der Waals surface area contributed by atoms with E-state index in [1.165, 1.54) is 5.56 Å². The number of hydrogen-bond donors (Lipinski definition) is 0. The van der Waals surface area contributed by atoms with E-state index in [4.69, 9.17) is 0 Å². The summed E-state index contributed by atoms with van der Waals surface area (Å²) in [5.74, 6) is -0.0177. The Balaban J connectivity index is 1.99. The minimum atomic E-state index is -0.0177. The third kappa shape index (κ3) is 3.64. The largest absolute Gasteiger partial charge is 0.341 e. The first kappa shape index (κ1) is 13.7. The first-order valence-electron chi connectivity index (χ1n) is 6.08. The predicted octanol–water partition coefficient (Wildman–Crippen LogP) is 3.16. The number of nitrogens with zero attached hydrogens (tertiary/aromatic N) is 2. The van der Waals surface area contributed by atoms with Crippen molar-refractivity contribution in [1.82, 2.24) is 9.88 Å². The number of rotatable bonds is 4. The lowest BCUT2D eigenvalue weighted by atomic mass is 10.1. The van der Waals surface area contributed by atoms with Gasteiger partial charge < -0.3 is 4.90 Å². The molecule has 0 fully saturated rings. The predicted molar refractivity (Wildman–Crippen MR) is 79.0 cm³/mol. The van der Waals surface area contributed by atoms with Crippen molar-refractivity contribution in [2.75, 3.05) is 13.6 Å². The molecule has 2 rings (SSSR count). The van der Waals surface area contributed by atoms with Crippen LogP contribution in [0.1, 0.15) is 15.9 Å². The van der Waals surface area contributed by atoms with Gasteiger partial charge in [-0.3, -0.25) is 4.79 Å². The quantitative estimate of drug-likeness (QED) is 0.811. The van der Waals surface area contributed by atoms with Crippen molar-refractivity contribution in [2.45, 2.75) is 6.42 Å². The first-order valence-corrected chi connectivity index (χ1v) is 6.87. The van der Waals surface area contributed by atoms with Crippen LogP contribution in [0.2, 0.25) is 0 Å². The molecule has 0 unspecified atom stereocenters. The number of pyridine rings is 1. The van der Waals surface area contributed by atoms with E-state index in [1.54, 1.807) is 23.2 Å². The lowest BCUT2D eigenvalue weighted by molar-refractivity contribution is 0.0795. The van der Waals surface area contributed by atoms with Gasteiger partial charge >= 0.3 is 0 Å². The molecule has 3 nitrogen and oxygen atoms in total. The zero-order chi connectivity index (χ0) is 13.7. The Morgan fingerprint density at radius 1 is 1.21 bits per heavy atom. The average Bonchev–Trinajstić information content (AvgIpc) is 2.45. The van der Waals surface area contributed by atoms with Crippen molar-refractivity contribution in [3.63, 3.8) is 0 Å². The number of carbonyl (C=O) groups is 1. The van der Waals surface area contributed by atoms with Crippen molar-refractivity contribution >= 4 is 21.8 Å². The van der Waals surface area contributed by atoms with E-state index >= 15 is 0 Å². The molecule has 0 aliphatic carbocycles. The zero-order valence-corrected chi connectivity index (χ0v) is 12.3. The fraction of sp³-hybridized carbons (Fsp3) is 0.200. The fourth-order valence-electron chi connectivity index (χ4n) is 1.79. The smallest absolute Gasteiger partial charge is 0.256 e. The van der Waals surface area contributed by atoms with Gasteiger partial charge in [-0.15, -0.1) is 0 Å². The number of aromatic nitrogens is 1. The molecule has 2 aromatic rings. The molecule has 1 heterocycles. The summed E-state index contributed by atoms with van der Waals surface area (Å²) in [6, 6.07) is 13.7. The summed E-state index contributed by atoms with van der Waals surface area (Å²) < 4.78 is 0.589. The summed E-state index contributed by atoms with van der Waals surface area (Å²) >= 11 is 3.30. The van der Waals surface area contributed by atoms with Crippen LogP contribution < -0.4 is 0 Å². The summed E-state index contributed by atoms with van der Waals surface area (Å²) in [5.41, 5.74) is 1.82. The summed E-state index contributed by atoms with van der Waals surface area (Å²) in [6.07, 6.45) is 2.51. The maximum Gasteiger partial charge on any atom is 0.256 e. The molecule has 19 heavy (non-hydrogen) atoms. The molecule has 1 amide bonds. The molecule has 0 spiro atoms. The molecule has 0 bridgehead atoms. The van der Waals surface area contributed by atoms with Crippen LogP contribution in [0, 0.1) is 0 Å². The molecule has 0 atom stereocenters. The molecule has 1 aromatic heterocycles. The van der Waals surface area contributed by atoms with E-state index in [2.05, 4.69) is 33.0 Å². The van der Waals surface area contributed by atoms with E-state index in [0.29, 0.717) is 16.7 Å². The van der Waals surface area contributed by atoms with E-state index < -0.39 is 0 Å². The highest BCUT2D eigenvalue weighted by Gasteiger charge is 2.14. The molecule has 1 aromatic carbocycles. The minimum Gasteiger partial charge on any atom is -0.341 e. The second-order valence-electron chi connectivity index (χ2n) is 4.30.